The Hall–Kier alpha value is -0.870. The fourth-order valence-electron chi connectivity index (χ4n) is 7.55. The van der Waals surface area contributed by atoms with Crippen molar-refractivity contribution in [3.8, 4) is 0 Å². The van der Waals surface area contributed by atoms with Crippen LogP contribution < -0.4 is 0 Å². The van der Waals surface area contributed by atoms with E-state index in [1.54, 1.807) is 0 Å². The van der Waals surface area contributed by atoms with E-state index in [0.717, 1.165) is 37.7 Å². The van der Waals surface area contributed by atoms with Crippen molar-refractivity contribution in [2.75, 3.05) is 0 Å². The lowest BCUT2D eigenvalue weighted by Gasteiger charge is -2.65. The molecule has 4 nitrogen and oxygen atoms in total. The Kier molecular flexibility index (Phi) is 3.35. The van der Waals surface area contributed by atoms with Gasteiger partial charge in [-0.15, -0.1) is 0 Å². The molecule has 134 valence electrons. The van der Waals surface area contributed by atoms with Gasteiger partial charge in [0.1, 0.15) is 0 Å². The van der Waals surface area contributed by atoms with Crippen LogP contribution in [0.3, 0.4) is 0 Å². The third kappa shape index (κ3) is 1.69. The first-order valence-corrected chi connectivity index (χ1v) is 9.46. The Morgan fingerprint density at radius 2 is 1.88 bits per heavy atom. The minimum Gasteiger partial charge on any atom is -0.481 e. The summed E-state index contributed by atoms with van der Waals surface area (Å²) in [5.74, 6) is -0.255. The number of carbonyl (C=O) groups is 1. The van der Waals surface area contributed by atoms with Gasteiger partial charge in [-0.1, -0.05) is 19.9 Å². The van der Waals surface area contributed by atoms with Gasteiger partial charge in [0.05, 0.1) is 17.6 Å². The molecule has 3 N–H and O–H groups in total. The average Bonchev–Trinajstić information content (AvgIpc) is 2.72. The van der Waals surface area contributed by atoms with E-state index in [1.807, 2.05) is 6.92 Å². The van der Waals surface area contributed by atoms with E-state index >= 15 is 0 Å². The van der Waals surface area contributed by atoms with Crippen LogP contribution in [-0.2, 0) is 4.79 Å². The third-order valence-corrected chi connectivity index (χ3v) is 8.78. The number of carboxylic acids is 1. The van der Waals surface area contributed by atoms with Crippen molar-refractivity contribution in [1.82, 2.24) is 0 Å². The molecule has 4 aliphatic rings. The first-order valence-electron chi connectivity index (χ1n) is 9.46. The molecule has 0 aromatic carbocycles. The van der Waals surface area contributed by atoms with E-state index < -0.39 is 29.0 Å². The Balaban J connectivity index is 1.83. The lowest BCUT2D eigenvalue weighted by molar-refractivity contribution is -0.225. The van der Waals surface area contributed by atoms with E-state index in [2.05, 4.69) is 13.5 Å². The molecule has 0 aromatic rings. The number of hydrogen-bond acceptors (Lipinski definition) is 3. The Bertz CT molecular complexity index is 600. The van der Waals surface area contributed by atoms with Crippen LogP contribution in [0.5, 0.6) is 0 Å². The largest absolute Gasteiger partial charge is 0.481 e. The van der Waals surface area contributed by atoms with Crippen LogP contribution in [0.25, 0.3) is 0 Å². The zero-order valence-electron chi connectivity index (χ0n) is 14.8. The van der Waals surface area contributed by atoms with E-state index in [1.165, 1.54) is 0 Å². The number of carboxylic acid groups (broad SMARTS) is 1. The number of aliphatic hydroxyl groups excluding tert-OH is 2. The van der Waals surface area contributed by atoms with Gasteiger partial charge >= 0.3 is 5.97 Å². The Labute approximate surface area is 144 Å². The second-order valence-corrected chi connectivity index (χ2v) is 9.51. The van der Waals surface area contributed by atoms with Crippen molar-refractivity contribution in [1.29, 1.82) is 0 Å². The summed E-state index contributed by atoms with van der Waals surface area (Å²) in [6, 6.07) is 0. The minimum absolute atomic E-state index is 0.0282. The van der Waals surface area contributed by atoms with Crippen LogP contribution >= 0.6 is 0 Å². The predicted molar refractivity (Wildman–Crippen MR) is 90.2 cm³/mol. The van der Waals surface area contributed by atoms with Gasteiger partial charge in [-0.3, -0.25) is 4.79 Å². The summed E-state index contributed by atoms with van der Waals surface area (Å²) in [6.07, 6.45) is 4.64. The van der Waals surface area contributed by atoms with Crippen molar-refractivity contribution in [3.05, 3.63) is 12.2 Å². The smallest absolute Gasteiger partial charge is 0.309 e. The zero-order valence-corrected chi connectivity index (χ0v) is 14.8. The van der Waals surface area contributed by atoms with Crippen LogP contribution in [-0.4, -0.2) is 33.5 Å². The molecule has 0 aliphatic heterocycles. The highest BCUT2D eigenvalue weighted by atomic mass is 16.4. The van der Waals surface area contributed by atoms with Crippen molar-refractivity contribution < 1.29 is 20.1 Å². The maximum Gasteiger partial charge on any atom is 0.309 e. The Morgan fingerprint density at radius 3 is 2.54 bits per heavy atom. The van der Waals surface area contributed by atoms with Crippen molar-refractivity contribution in [2.24, 2.45) is 34.0 Å². The first-order chi connectivity index (χ1) is 11.2. The van der Waals surface area contributed by atoms with E-state index in [0.29, 0.717) is 18.8 Å². The predicted octanol–water partition coefficient (Wildman–Crippen LogP) is 2.98. The summed E-state index contributed by atoms with van der Waals surface area (Å²) in [6.45, 7) is 8.24. The monoisotopic (exact) mass is 334 g/mol. The topological polar surface area (TPSA) is 77.8 Å². The van der Waals surface area contributed by atoms with E-state index in [9.17, 15) is 20.1 Å². The van der Waals surface area contributed by atoms with E-state index in [-0.39, 0.29) is 17.3 Å². The molecule has 0 heterocycles. The van der Waals surface area contributed by atoms with Gasteiger partial charge in [0.25, 0.3) is 0 Å². The average molecular weight is 334 g/mol. The normalized spacial score (nSPS) is 56.5. The molecule has 4 aliphatic carbocycles. The van der Waals surface area contributed by atoms with Gasteiger partial charge in [-0.05, 0) is 74.2 Å². The molecule has 2 bridgehead atoms. The van der Waals surface area contributed by atoms with E-state index in [4.69, 9.17) is 0 Å². The molecule has 4 heteroatoms. The minimum atomic E-state index is -0.771. The molecule has 0 radical (unpaired) electrons. The fraction of sp³-hybridized carbons (Fsp3) is 0.850. The van der Waals surface area contributed by atoms with Gasteiger partial charge in [0.15, 0.2) is 0 Å². The second-order valence-electron chi connectivity index (χ2n) is 9.51. The fourth-order valence-corrected chi connectivity index (χ4v) is 7.55. The molecular weight excluding hydrogens is 304 g/mol. The lowest BCUT2D eigenvalue weighted by atomic mass is 9.40. The maximum atomic E-state index is 12.1. The number of aliphatic hydroxyl groups is 2. The van der Waals surface area contributed by atoms with Crippen LogP contribution in [0.1, 0.15) is 58.8 Å². The highest BCUT2D eigenvalue weighted by molar-refractivity contribution is 5.75. The molecule has 4 saturated carbocycles. The highest BCUT2D eigenvalue weighted by Crippen LogP contribution is 2.72. The molecule has 4 fully saturated rings. The molecule has 8 atom stereocenters. The van der Waals surface area contributed by atoms with Gasteiger partial charge < -0.3 is 15.3 Å². The molecule has 0 saturated heterocycles. The number of rotatable bonds is 1. The van der Waals surface area contributed by atoms with Crippen LogP contribution in [0.4, 0.5) is 0 Å². The summed E-state index contributed by atoms with van der Waals surface area (Å²) >= 11 is 0. The van der Waals surface area contributed by atoms with Gasteiger partial charge in [0.2, 0.25) is 0 Å². The standard InChI is InChI=1S/C20H30O4/c1-11-12-5-6-13-18(2)7-4-8-19(3,17(23)24)14(18)9-15(21)20(13,10-12)16(11)22/h12-16,21-22H,1,4-10H2,2-3H3,(H,23,24)/t12-,13+,14+,15+,16+,18+,19+,20-/m1/s1. The quantitative estimate of drug-likeness (QED) is 0.644. The molecular formula is C20H30O4. The SMILES string of the molecule is C=C1[C@@H]2CC[C@H]3[C@]4(C)CCC[C@](C)(C(=O)O)[C@H]4C[C@H](O)[C@]3(C2)[C@H]1O. The number of fused-ring (bicyclic) bond motifs is 3. The first kappa shape index (κ1) is 16.6. The summed E-state index contributed by atoms with van der Waals surface area (Å²) in [5, 5.41) is 32.0. The number of aliphatic carboxylic acids is 1. The van der Waals surface area contributed by atoms with Crippen molar-refractivity contribution in [3.63, 3.8) is 0 Å². The molecule has 4 rings (SSSR count). The summed E-state index contributed by atoms with van der Waals surface area (Å²) in [7, 11) is 0. The second kappa shape index (κ2) is 4.85. The lowest BCUT2D eigenvalue weighted by Crippen LogP contribution is -2.65. The molecule has 0 amide bonds. The van der Waals surface area contributed by atoms with Crippen LogP contribution in [0.15, 0.2) is 12.2 Å². The molecule has 0 aromatic heterocycles. The van der Waals surface area contributed by atoms with Crippen molar-refractivity contribution in [2.45, 2.75) is 71.0 Å². The zero-order chi connectivity index (χ0) is 17.5. The van der Waals surface area contributed by atoms with Gasteiger partial charge in [-0.2, -0.15) is 0 Å². The van der Waals surface area contributed by atoms with Crippen LogP contribution in [0, 0.1) is 34.0 Å². The summed E-state index contributed by atoms with van der Waals surface area (Å²) < 4.78 is 0. The highest BCUT2D eigenvalue weighted by Gasteiger charge is 2.70. The Morgan fingerprint density at radius 1 is 1.17 bits per heavy atom. The number of hydrogen-bond donors (Lipinski definition) is 3. The molecule has 1 spiro atoms. The molecule has 24 heavy (non-hydrogen) atoms. The van der Waals surface area contributed by atoms with Gasteiger partial charge in [-0.25, -0.2) is 0 Å². The van der Waals surface area contributed by atoms with Crippen molar-refractivity contribution >= 4 is 5.97 Å². The van der Waals surface area contributed by atoms with Gasteiger partial charge in [0, 0.05) is 5.41 Å². The summed E-state index contributed by atoms with van der Waals surface area (Å²) in [4.78, 5) is 12.1. The molecule has 0 unspecified atom stereocenters. The maximum absolute atomic E-state index is 12.1. The third-order valence-electron chi connectivity index (χ3n) is 8.78. The van der Waals surface area contributed by atoms with Crippen LogP contribution in [0.2, 0.25) is 0 Å². The summed E-state index contributed by atoms with van der Waals surface area (Å²) in [5.41, 5.74) is -0.494.